The van der Waals surface area contributed by atoms with E-state index in [4.69, 9.17) is 27.9 Å². The maximum absolute atomic E-state index is 14.3. The van der Waals surface area contributed by atoms with Gasteiger partial charge in [-0.2, -0.15) is 0 Å². The number of hydrogen-bond acceptors (Lipinski definition) is 5. The van der Waals surface area contributed by atoms with Gasteiger partial charge in [-0.05, 0) is 79.1 Å². The van der Waals surface area contributed by atoms with Crippen LogP contribution in [0.1, 0.15) is 38.7 Å². The van der Waals surface area contributed by atoms with E-state index < -0.39 is 28.5 Å². The average Bonchev–Trinajstić information content (AvgIpc) is 3.06. The number of para-hydroxylation sites is 1. The van der Waals surface area contributed by atoms with Gasteiger partial charge in [-0.1, -0.05) is 85.9 Å². The SMILES string of the molecule is CCCCNC(=O)[C@H](CC)N(Cc1ccc(Cl)c(Cl)c1)C(=O)CN(c1ccc(Oc2ccccc2)cc1)S(=O)(=O)c1ccccc1. The Labute approximate surface area is 280 Å². The summed E-state index contributed by atoms with van der Waals surface area (Å²) >= 11 is 12.4. The molecule has 0 fully saturated rings. The fourth-order valence-corrected chi connectivity index (χ4v) is 6.57. The third kappa shape index (κ3) is 9.02. The van der Waals surface area contributed by atoms with Crippen molar-refractivity contribution in [1.29, 1.82) is 0 Å². The molecular weight excluding hydrogens is 645 g/mol. The molecule has 0 heterocycles. The number of anilines is 1. The molecule has 0 radical (unpaired) electrons. The number of nitrogens with zero attached hydrogens (tertiary/aromatic N) is 2. The van der Waals surface area contributed by atoms with Gasteiger partial charge in [0.2, 0.25) is 11.8 Å². The van der Waals surface area contributed by atoms with Crippen LogP contribution in [0.15, 0.2) is 108 Å². The smallest absolute Gasteiger partial charge is 0.264 e. The van der Waals surface area contributed by atoms with E-state index in [9.17, 15) is 18.0 Å². The van der Waals surface area contributed by atoms with Gasteiger partial charge in [0.25, 0.3) is 10.0 Å². The van der Waals surface area contributed by atoms with Crippen LogP contribution in [0.2, 0.25) is 10.0 Å². The van der Waals surface area contributed by atoms with E-state index in [1.54, 1.807) is 60.7 Å². The van der Waals surface area contributed by atoms with Crippen molar-refractivity contribution in [3.8, 4) is 11.5 Å². The Kier molecular flexibility index (Phi) is 12.5. The standard InChI is InChI=1S/C35H37Cl2N3O5S/c1-3-5-22-38-35(42)33(4-2)39(24-26-16-21-31(36)32(37)23-26)34(41)25-40(46(43,44)30-14-10-7-11-15-30)27-17-19-29(20-18-27)45-28-12-8-6-9-13-28/h6-21,23,33H,3-5,22,24-25H2,1-2H3,(H,38,42)/t33-/m0/s1. The van der Waals surface area contributed by atoms with Gasteiger partial charge >= 0.3 is 0 Å². The molecule has 0 aliphatic carbocycles. The summed E-state index contributed by atoms with van der Waals surface area (Å²) in [6.07, 6.45) is 1.99. The molecule has 0 saturated heterocycles. The van der Waals surface area contributed by atoms with Gasteiger partial charge in [0.15, 0.2) is 0 Å². The first-order valence-corrected chi connectivity index (χ1v) is 17.3. The minimum Gasteiger partial charge on any atom is -0.457 e. The molecule has 242 valence electrons. The van der Waals surface area contributed by atoms with Crippen LogP contribution in [-0.4, -0.2) is 44.3 Å². The van der Waals surface area contributed by atoms with E-state index in [0.717, 1.165) is 17.1 Å². The second-order valence-electron chi connectivity index (χ2n) is 10.6. The molecule has 0 aromatic heterocycles. The maximum Gasteiger partial charge on any atom is 0.264 e. The van der Waals surface area contributed by atoms with Crippen LogP contribution in [-0.2, 0) is 26.2 Å². The third-order valence-electron chi connectivity index (χ3n) is 7.27. The second kappa shape index (κ2) is 16.5. The first kappa shape index (κ1) is 34.8. The lowest BCUT2D eigenvalue weighted by atomic mass is 10.1. The zero-order chi connectivity index (χ0) is 33.1. The molecule has 2 amide bonds. The van der Waals surface area contributed by atoms with Crippen LogP contribution in [0.5, 0.6) is 11.5 Å². The molecule has 0 aliphatic rings. The first-order valence-electron chi connectivity index (χ1n) is 15.1. The first-order chi connectivity index (χ1) is 22.1. The lowest BCUT2D eigenvalue weighted by Crippen LogP contribution is -2.52. The predicted molar refractivity (Wildman–Crippen MR) is 183 cm³/mol. The van der Waals surface area contributed by atoms with Gasteiger partial charge < -0.3 is 15.0 Å². The molecule has 0 aliphatic heterocycles. The lowest BCUT2D eigenvalue weighted by Gasteiger charge is -2.33. The molecule has 1 N–H and O–H groups in total. The van der Waals surface area contributed by atoms with E-state index in [-0.39, 0.29) is 23.0 Å². The monoisotopic (exact) mass is 681 g/mol. The molecule has 4 aromatic carbocycles. The Morgan fingerprint density at radius 2 is 1.46 bits per heavy atom. The Morgan fingerprint density at radius 1 is 0.826 bits per heavy atom. The minimum atomic E-state index is -4.20. The number of ether oxygens (including phenoxy) is 1. The topological polar surface area (TPSA) is 96.0 Å². The summed E-state index contributed by atoms with van der Waals surface area (Å²) in [5.74, 6) is 0.242. The van der Waals surface area contributed by atoms with Crippen LogP contribution in [0.25, 0.3) is 0 Å². The van der Waals surface area contributed by atoms with Crippen molar-refractivity contribution in [2.24, 2.45) is 0 Å². The molecule has 4 rings (SSSR count). The number of rotatable bonds is 15. The number of hydrogen-bond donors (Lipinski definition) is 1. The van der Waals surface area contributed by atoms with Gasteiger partial charge in [0.1, 0.15) is 24.1 Å². The summed E-state index contributed by atoms with van der Waals surface area (Å²) < 4.78 is 35.1. The Bertz CT molecular complexity index is 1710. The van der Waals surface area contributed by atoms with Crippen molar-refractivity contribution in [2.45, 2.75) is 50.6 Å². The Hall–Kier alpha value is -4.05. The van der Waals surface area contributed by atoms with Gasteiger partial charge in [-0.3, -0.25) is 13.9 Å². The summed E-state index contributed by atoms with van der Waals surface area (Å²) in [5.41, 5.74) is 0.898. The molecule has 0 saturated carbocycles. The molecule has 46 heavy (non-hydrogen) atoms. The number of halogens is 2. The number of unbranched alkanes of at least 4 members (excludes halogenated alkanes) is 1. The van der Waals surface area contributed by atoms with Gasteiger partial charge in [-0.15, -0.1) is 0 Å². The van der Waals surface area contributed by atoms with Crippen LogP contribution < -0.4 is 14.4 Å². The zero-order valence-corrected chi connectivity index (χ0v) is 28.1. The van der Waals surface area contributed by atoms with Crippen LogP contribution in [0, 0.1) is 0 Å². The molecule has 0 spiro atoms. The van der Waals surface area contributed by atoms with Crippen molar-refractivity contribution in [3.05, 3.63) is 119 Å². The van der Waals surface area contributed by atoms with Crippen molar-refractivity contribution in [2.75, 3.05) is 17.4 Å². The van der Waals surface area contributed by atoms with Crippen molar-refractivity contribution >= 4 is 50.7 Å². The number of carbonyl (C=O) groups is 2. The highest BCUT2D eigenvalue weighted by atomic mass is 35.5. The Morgan fingerprint density at radius 3 is 2.07 bits per heavy atom. The van der Waals surface area contributed by atoms with Crippen LogP contribution in [0.3, 0.4) is 0 Å². The highest BCUT2D eigenvalue weighted by Gasteiger charge is 2.33. The van der Waals surface area contributed by atoms with Gasteiger partial charge in [0.05, 0.1) is 20.6 Å². The largest absolute Gasteiger partial charge is 0.457 e. The summed E-state index contributed by atoms with van der Waals surface area (Å²) in [6.45, 7) is 3.75. The molecule has 1 atom stereocenters. The molecular formula is C35H37Cl2N3O5S. The summed E-state index contributed by atoms with van der Waals surface area (Å²) in [4.78, 5) is 29.1. The van der Waals surface area contributed by atoms with Crippen molar-refractivity contribution in [1.82, 2.24) is 10.2 Å². The second-order valence-corrected chi connectivity index (χ2v) is 13.2. The fourth-order valence-electron chi connectivity index (χ4n) is 4.81. The van der Waals surface area contributed by atoms with Crippen molar-refractivity contribution in [3.63, 3.8) is 0 Å². The van der Waals surface area contributed by atoms with Gasteiger partial charge in [0, 0.05) is 13.1 Å². The van der Waals surface area contributed by atoms with E-state index >= 15 is 0 Å². The molecule has 8 nitrogen and oxygen atoms in total. The van der Waals surface area contributed by atoms with Crippen LogP contribution >= 0.6 is 23.2 Å². The third-order valence-corrected chi connectivity index (χ3v) is 9.79. The van der Waals surface area contributed by atoms with Gasteiger partial charge in [-0.25, -0.2) is 8.42 Å². The lowest BCUT2D eigenvalue weighted by molar-refractivity contribution is -0.140. The average molecular weight is 683 g/mol. The highest BCUT2D eigenvalue weighted by Crippen LogP contribution is 2.29. The minimum absolute atomic E-state index is 0.0124. The maximum atomic E-state index is 14.3. The van der Waals surface area contributed by atoms with E-state index in [0.29, 0.717) is 40.1 Å². The van der Waals surface area contributed by atoms with Crippen molar-refractivity contribution < 1.29 is 22.7 Å². The van der Waals surface area contributed by atoms with E-state index in [2.05, 4.69) is 5.32 Å². The molecule has 0 unspecified atom stereocenters. The van der Waals surface area contributed by atoms with E-state index in [1.807, 2.05) is 44.2 Å². The number of benzene rings is 4. The highest BCUT2D eigenvalue weighted by molar-refractivity contribution is 7.92. The Balaban J connectivity index is 1.71. The van der Waals surface area contributed by atoms with E-state index in [1.165, 1.54) is 17.0 Å². The fraction of sp³-hybridized carbons (Fsp3) is 0.257. The van der Waals surface area contributed by atoms with Crippen LogP contribution in [0.4, 0.5) is 5.69 Å². The number of amides is 2. The quantitative estimate of drug-likeness (QED) is 0.130. The summed E-state index contributed by atoms with van der Waals surface area (Å²) in [7, 11) is -4.20. The molecule has 4 aromatic rings. The number of nitrogens with one attached hydrogen (secondary N) is 1. The number of carbonyl (C=O) groups excluding carboxylic acids is 2. The number of sulfonamides is 1. The normalized spacial score (nSPS) is 11.8. The zero-order valence-electron chi connectivity index (χ0n) is 25.7. The predicted octanol–water partition coefficient (Wildman–Crippen LogP) is 7.70. The summed E-state index contributed by atoms with van der Waals surface area (Å²) in [5, 5.41) is 3.58. The molecule has 0 bridgehead atoms. The summed E-state index contributed by atoms with van der Waals surface area (Å²) in [6, 6.07) is 27.7. The molecule has 11 heteroatoms.